The lowest BCUT2D eigenvalue weighted by molar-refractivity contribution is 0.440. The summed E-state index contributed by atoms with van der Waals surface area (Å²) in [5, 5.41) is 7.75. The van der Waals surface area contributed by atoms with Gasteiger partial charge in [0.15, 0.2) is 0 Å². The van der Waals surface area contributed by atoms with E-state index in [9.17, 15) is 0 Å². The van der Waals surface area contributed by atoms with Crippen LogP contribution < -0.4 is 5.32 Å². The fourth-order valence-corrected chi connectivity index (χ4v) is 2.50. The van der Waals surface area contributed by atoms with Crippen LogP contribution in [0.3, 0.4) is 0 Å². The summed E-state index contributed by atoms with van der Waals surface area (Å²) in [6.07, 6.45) is 4.79. The molecule has 1 unspecified atom stereocenters. The molecule has 0 aliphatic rings. The van der Waals surface area contributed by atoms with Gasteiger partial charge in [-0.05, 0) is 31.4 Å². The molecule has 4 nitrogen and oxygen atoms in total. The van der Waals surface area contributed by atoms with E-state index < -0.39 is 0 Å². The molecular formula is C17H26N4. The maximum atomic E-state index is 4.42. The number of nitrogens with zero attached hydrogens (tertiary/aromatic N) is 3. The van der Waals surface area contributed by atoms with Gasteiger partial charge >= 0.3 is 0 Å². The Balaban J connectivity index is 1.91. The molecule has 0 spiro atoms. The molecule has 4 heteroatoms. The molecule has 1 aromatic carbocycles. The second-order valence-electron chi connectivity index (χ2n) is 5.97. The summed E-state index contributed by atoms with van der Waals surface area (Å²) >= 11 is 0. The molecule has 1 atom stereocenters. The molecule has 0 radical (unpaired) electrons. The van der Waals surface area contributed by atoms with Crippen LogP contribution in [0, 0.1) is 5.92 Å². The van der Waals surface area contributed by atoms with Crippen molar-refractivity contribution < 1.29 is 0 Å². The Labute approximate surface area is 127 Å². The number of aryl methyl sites for hydroxylation is 1. The third kappa shape index (κ3) is 4.97. The van der Waals surface area contributed by atoms with Crippen molar-refractivity contribution in [3.05, 3.63) is 48.0 Å². The number of hydrogen-bond donors (Lipinski definition) is 1. The van der Waals surface area contributed by atoms with Crippen LogP contribution in [0.15, 0.2) is 36.7 Å². The zero-order valence-electron chi connectivity index (χ0n) is 13.3. The van der Waals surface area contributed by atoms with Crippen molar-refractivity contribution in [1.82, 2.24) is 20.1 Å². The Hall–Kier alpha value is -1.68. The summed E-state index contributed by atoms with van der Waals surface area (Å²) in [6.45, 7) is 5.34. The average molecular weight is 286 g/mol. The van der Waals surface area contributed by atoms with Crippen LogP contribution in [0.2, 0.25) is 0 Å². The van der Waals surface area contributed by atoms with Crippen molar-refractivity contribution in [2.45, 2.75) is 45.7 Å². The first kappa shape index (κ1) is 15.7. The number of aromatic nitrogens is 3. The predicted octanol–water partition coefficient (Wildman–Crippen LogP) is 2.70. The topological polar surface area (TPSA) is 42.7 Å². The first-order valence-corrected chi connectivity index (χ1v) is 7.77. The van der Waals surface area contributed by atoms with Crippen molar-refractivity contribution >= 4 is 0 Å². The van der Waals surface area contributed by atoms with Gasteiger partial charge in [-0.2, -0.15) is 5.10 Å². The highest BCUT2D eigenvalue weighted by molar-refractivity contribution is 5.14. The van der Waals surface area contributed by atoms with E-state index in [2.05, 4.69) is 59.6 Å². The van der Waals surface area contributed by atoms with Gasteiger partial charge in [-0.15, -0.1) is 0 Å². The molecule has 1 N–H and O–H groups in total. The third-order valence-corrected chi connectivity index (χ3v) is 3.70. The first-order chi connectivity index (χ1) is 10.2. The van der Waals surface area contributed by atoms with Crippen LogP contribution in [0.4, 0.5) is 0 Å². The summed E-state index contributed by atoms with van der Waals surface area (Å²) in [5.74, 6) is 1.67. The SMILES string of the molecule is CNC(CCc1ccccc1)Cc1ncnn1CC(C)C. The van der Waals surface area contributed by atoms with Crippen molar-refractivity contribution in [3.63, 3.8) is 0 Å². The Morgan fingerprint density at radius 3 is 2.62 bits per heavy atom. The molecule has 0 bridgehead atoms. The Kier molecular flexibility index (Phi) is 5.93. The number of nitrogens with one attached hydrogen (secondary N) is 1. The lowest BCUT2D eigenvalue weighted by Gasteiger charge is -2.17. The van der Waals surface area contributed by atoms with Gasteiger partial charge in [-0.25, -0.2) is 9.67 Å². The monoisotopic (exact) mass is 286 g/mol. The third-order valence-electron chi connectivity index (χ3n) is 3.70. The van der Waals surface area contributed by atoms with E-state index in [4.69, 9.17) is 0 Å². The molecule has 0 aliphatic carbocycles. The average Bonchev–Trinajstić information content (AvgIpc) is 2.90. The molecule has 0 aliphatic heterocycles. The van der Waals surface area contributed by atoms with E-state index in [0.29, 0.717) is 12.0 Å². The van der Waals surface area contributed by atoms with Crippen LogP contribution in [-0.4, -0.2) is 27.9 Å². The molecule has 2 aromatic rings. The second kappa shape index (κ2) is 7.93. The molecule has 1 aromatic heterocycles. The molecule has 114 valence electrons. The zero-order valence-corrected chi connectivity index (χ0v) is 13.3. The quantitative estimate of drug-likeness (QED) is 0.811. The molecule has 0 saturated heterocycles. The van der Waals surface area contributed by atoms with E-state index in [1.165, 1.54) is 5.56 Å². The largest absolute Gasteiger partial charge is 0.317 e. The van der Waals surface area contributed by atoms with Gasteiger partial charge in [0.1, 0.15) is 12.2 Å². The van der Waals surface area contributed by atoms with Crippen molar-refractivity contribution in [1.29, 1.82) is 0 Å². The summed E-state index contributed by atoms with van der Waals surface area (Å²) in [4.78, 5) is 4.42. The highest BCUT2D eigenvalue weighted by atomic mass is 15.3. The van der Waals surface area contributed by atoms with Gasteiger partial charge < -0.3 is 5.32 Å². The second-order valence-corrected chi connectivity index (χ2v) is 5.97. The number of hydrogen-bond acceptors (Lipinski definition) is 3. The molecule has 0 fully saturated rings. The number of benzene rings is 1. The maximum absolute atomic E-state index is 4.42. The van der Waals surface area contributed by atoms with E-state index in [0.717, 1.165) is 31.6 Å². The predicted molar refractivity (Wildman–Crippen MR) is 86.2 cm³/mol. The molecule has 0 saturated carbocycles. The normalized spacial score (nSPS) is 12.8. The van der Waals surface area contributed by atoms with Crippen LogP contribution in [0.25, 0.3) is 0 Å². The minimum absolute atomic E-state index is 0.431. The fraction of sp³-hybridized carbons (Fsp3) is 0.529. The minimum Gasteiger partial charge on any atom is -0.317 e. The smallest absolute Gasteiger partial charge is 0.138 e. The molecule has 1 heterocycles. The molecule has 0 amide bonds. The van der Waals surface area contributed by atoms with Gasteiger partial charge in [0, 0.05) is 19.0 Å². The van der Waals surface area contributed by atoms with Gasteiger partial charge in [0.2, 0.25) is 0 Å². The fourth-order valence-electron chi connectivity index (χ4n) is 2.50. The lowest BCUT2D eigenvalue weighted by atomic mass is 10.0. The maximum Gasteiger partial charge on any atom is 0.138 e. The van der Waals surface area contributed by atoms with Crippen LogP contribution in [0.5, 0.6) is 0 Å². The van der Waals surface area contributed by atoms with E-state index >= 15 is 0 Å². The number of likely N-dealkylation sites (N-methyl/N-ethyl adjacent to an activating group) is 1. The van der Waals surface area contributed by atoms with Crippen molar-refractivity contribution in [2.24, 2.45) is 5.92 Å². The summed E-state index contributed by atoms with van der Waals surface area (Å²) < 4.78 is 2.04. The standard InChI is InChI=1S/C17H26N4/c1-14(2)12-21-17(19-13-20-21)11-16(18-3)10-9-15-7-5-4-6-8-15/h4-8,13-14,16,18H,9-12H2,1-3H3. The van der Waals surface area contributed by atoms with Gasteiger partial charge in [-0.1, -0.05) is 44.2 Å². The zero-order chi connectivity index (χ0) is 15.1. The summed E-state index contributed by atoms with van der Waals surface area (Å²) in [7, 11) is 2.03. The Bertz CT molecular complexity index is 519. The van der Waals surface area contributed by atoms with Gasteiger partial charge in [0.25, 0.3) is 0 Å². The van der Waals surface area contributed by atoms with E-state index in [-0.39, 0.29) is 0 Å². The van der Waals surface area contributed by atoms with Crippen LogP contribution >= 0.6 is 0 Å². The summed E-state index contributed by atoms with van der Waals surface area (Å²) in [5.41, 5.74) is 1.39. The minimum atomic E-state index is 0.431. The highest BCUT2D eigenvalue weighted by Gasteiger charge is 2.13. The van der Waals surface area contributed by atoms with Crippen LogP contribution in [-0.2, 0) is 19.4 Å². The molecular weight excluding hydrogens is 260 g/mol. The van der Waals surface area contributed by atoms with Gasteiger partial charge in [-0.3, -0.25) is 0 Å². The highest BCUT2D eigenvalue weighted by Crippen LogP contribution is 2.09. The van der Waals surface area contributed by atoms with E-state index in [1.54, 1.807) is 6.33 Å². The number of rotatable bonds is 8. The lowest BCUT2D eigenvalue weighted by Crippen LogP contribution is -2.30. The molecule has 2 rings (SSSR count). The summed E-state index contributed by atoms with van der Waals surface area (Å²) in [6, 6.07) is 11.1. The Morgan fingerprint density at radius 2 is 1.95 bits per heavy atom. The van der Waals surface area contributed by atoms with E-state index in [1.807, 2.05) is 11.7 Å². The Morgan fingerprint density at radius 1 is 1.19 bits per heavy atom. The van der Waals surface area contributed by atoms with Crippen molar-refractivity contribution in [3.8, 4) is 0 Å². The van der Waals surface area contributed by atoms with Gasteiger partial charge in [0.05, 0.1) is 0 Å². The van der Waals surface area contributed by atoms with Crippen LogP contribution in [0.1, 0.15) is 31.7 Å². The molecule has 21 heavy (non-hydrogen) atoms. The first-order valence-electron chi connectivity index (χ1n) is 7.77. The van der Waals surface area contributed by atoms with Crippen molar-refractivity contribution in [2.75, 3.05) is 7.05 Å².